The standard InChI is InChI=1S/C8H9IN4O/c1-13-6(8(14)12-9)4-2-3-11-5(4)7(13)10/h2-3,11H,10H2,1H3,(H,12,14). The molecular weight excluding hydrogens is 295 g/mol. The monoisotopic (exact) mass is 304 g/mol. The van der Waals surface area contributed by atoms with Gasteiger partial charge in [0.1, 0.15) is 11.5 Å². The third-order valence-corrected chi connectivity index (χ3v) is 2.75. The Morgan fingerprint density at radius 1 is 1.71 bits per heavy atom. The Morgan fingerprint density at radius 3 is 3.07 bits per heavy atom. The van der Waals surface area contributed by atoms with E-state index in [1.165, 1.54) is 0 Å². The van der Waals surface area contributed by atoms with Crippen LogP contribution in [0.15, 0.2) is 12.3 Å². The fourth-order valence-electron chi connectivity index (χ4n) is 1.57. The molecule has 0 atom stereocenters. The minimum Gasteiger partial charge on any atom is -0.383 e. The summed E-state index contributed by atoms with van der Waals surface area (Å²) in [6.45, 7) is 0. The van der Waals surface area contributed by atoms with Crippen molar-refractivity contribution < 1.29 is 4.79 Å². The molecule has 14 heavy (non-hydrogen) atoms. The molecule has 0 fully saturated rings. The molecule has 0 saturated carbocycles. The molecule has 2 aromatic heterocycles. The second-order valence-electron chi connectivity index (χ2n) is 2.98. The van der Waals surface area contributed by atoms with E-state index in [1.807, 2.05) is 28.9 Å². The number of anilines is 1. The first kappa shape index (κ1) is 9.38. The molecule has 2 rings (SSSR count). The number of hydrogen-bond acceptors (Lipinski definition) is 2. The first-order valence-corrected chi connectivity index (χ1v) is 5.07. The van der Waals surface area contributed by atoms with Gasteiger partial charge in [-0.3, -0.25) is 8.32 Å². The molecule has 6 heteroatoms. The first-order chi connectivity index (χ1) is 6.66. The summed E-state index contributed by atoms with van der Waals surface area (Å²) in [5.74, 6) is 0.425. The number of rotatable bonds is 1. The summed E-state index contributed by atoms with van der Waals surface area (Å²) in [4.78, 5) is 14.6. The third kappa shape index (κ3) is 1.10. The second kappa shape index (κ2) is 3.19. The van der Waals surface area contributed by atoms with Gasteiger partial charge in [-0.2, -0.15) is 0 Å². The number of nitrogen functional groups attached to an aromatic ring is 1. The van der Waals surface area contributed by atoms with Crippen molar-refractivity contribution in [2.45, 2.75) is 0 Å². The Morgan fingerprint density at radius 2 is 2.43 bits per heavy atom. The summed E-state index contributed by atoms with van der Waals surface area (Å²) in [6.07, 6.45) is 1.77. The fraction of sp³-hybridized carbons (Fsp3) is 0.125. The van der Waals surface area contributed by atoms with Gasteiger partial charge in [0.15, 0.2) is 0 Å². The van der Waals surface area contributed by atoms with Crippen LogP contribution in [0, 0.1) is 0 Å². The van der Waals surface area contributed by atoms with E-state index < -0.39 is 0 Å². The first-order valence-electron chi connectivity index (χ1n) is 3.99. The molecule has 5 nitrogen and oxygen atoms in total. The fourth-order valence-corrected chi connectivity index (χ4v) is 1.82. The number of nitrogens with two attached hydrogens (primary N) is 1. The Balaban J connectivity index is 2.79. The number of aromatic amines is 1. The maximum Gasteiger partial charge on any atom is 0.277 e. The molecule has 0 aliphatic carbocycles. The van der Waals surface area contributed by atoms with Crippen LogP contribution in [0.4, 0.5) is 5.82 Å². The van der Waals surface area contributed by atoms with E-state index in [2.05, 4.69) is 8.51 Å². The quantitative estimate of drug-likeness (QED) is 0.546. The molecular formula is C8H9IN4O. The predicted octanol–water partition coefficient (Wildman–Crippen LogP) is 1.17. The number of carbonyl (C=O) groups excluding carboxylic acids is 1. The van der Waals surface area contributed by atoms with Gasteiger partial charge in [-0.25, -0.2) is 0 Å². The van der Waals surface area contributed by atoms with E-state index in [0.717, 1.165) is 10.9 Å². The van der Waals surface area contributed by atoms with Crippen LogP contribution in [0.5, 0.6) is 0 Å². The van der Waals surface area contributed by atoms with Crippen LogP contribution < -0.4 is 9.26 Å². The van der Waals surface area contributed by atoms with Gasteiger partial charge in [0.25, 0.3) is 5.91 Å². The Labute approximate surface area is 94.1 Å². The molecule has 0 aliphatic heterocycles. The van der Waals surface area contributed by atoms with Crippen LogP contribution in [0.25, 0.3) is 10.9 Å². The lowest BCUT2D eigenvalue weighted by atomic mass is 10.3. The third-order valence-electron chi connectivity index (χ3n) is 2.26. The molecule has 2 aromatic rings. The minimum absolute atomic E-state index is 0.144. The highest BCUT2D eigenvalue weighted by Crippen LogP contribution is 2.26. The molecule has 74 valence electrons. The molecule has 0 aliphatic rings. The van der Waals surface area contributed by atoms with Crippen LogP contribution in [0.2, 0.25) is 0 Å². The molecule has 0 spiro atoms. The smallest absolute Gasteiger partial charge is 0.277 e. The summed E-state index contributed by atoms with van der Waals surface area (Å²) in [5, 5.41) is 0.846. The van der Waals surface area contributed by atoms with Crippen molar-refractivity contribution in [1.29, 1.82) is 0 Å². The van der Waals surface area contributed by atoms with Gasteiger partial charge in [-0.15, -0.1) is 0 Å². The van der Waals surface area contributed by atoms with Gasteiger partial charge < -0.3 is 15.3 Å². The van der Waals surface area contributed by atoms with Crippen molar-refractivity contribution >= 4 is 45.5 Å². The Kier molecular flexibility index (Phi) is 2.14. The summed E-state index contributed by atoms with van der Waals surface area (Å²) in [6, 6.07) is 1.84. The van der Waals surface area contributed by atoms with Crippen molar-refractivity contribution in [1.82, 2.24) is 13.1 Å². The van der Waals surface area contributed by atoms with Gasteiger partial charge in [0.05, 0.1) is 28.4 Å². The van der Waals surface area contributed by atoms with Crippen LogP contribution in [-0.2, 0) is 7.05 Å². The number of nitrogens with one attached hydrogen (secondary N) is 2. The predicted molar refractivity (Wildman–Crippen MR) is 63.2 cm³/mol. The van der Waals surface area contributed by atoms with Crippen molar-refractivity contribution in [3.8, 4) is 0 Å². The van der Waals surface area contributed by atoms with E-state index in [9.17, 15) is 4.79 Å². The molecule has 0 radical (unpaired) electrons. The Hall–Kier alpha value is -1.18. The van der Waals surface area contributed by atoms with Gasteiger partial charge in [0.2, 0.25) is 0 Å². The zero-order chi connectivity index (χ0) is 10.3. The number of hydrogen-bond donors (Lipinski definition) is 3. The number of amides is 1. The van der Waals surface area contributed by atoms with Crippen LogP contribution in [0.1, 0.15) is 10.5 Å². The number of nitrogens with zero attached hydrogens (tertiary/aromatic N) is 1. The van der Waals surface area contributed by atoms with Crippen molar-refractivity contribution in [2.75, 3.05) is 5.73 Å². The summed E-state index contributed by atoms with van der Waals surface area (Å²) in [5.41, 5.74) is 7.21. The lowest BCUT2D eigenvalue weighted by molar-refractivity contribution is 0.0983. The van der Waals surface area contributed by atoms with Crippen LogP contribution in [0.3, 0.4) is 0 Å². The number of fused-ring (bicyclic) bond motifs is 1. The molecule has 2 heterocycles. The van der Waals surface area contributed by atoms with Gasteiger partial charge >= 0.3 is 0 Å². The zero-order valence-corrected chi connectivity index (χ0v) is 9.62. The highest BCUT2D eigenvalue weighted by molar-refractivity contribution is 14.1. The largest absolute Gasteiger partial charge is 0.383 e. The summed E-state index contributed by atoms with van der Waals surface area (Å²) in [7, 11) is 1.77. The normalized spacial score (nSPS) is 10.7. The van der Waals surface area contributed by atoms with Gasteiger partial charge in [-0.1, -0.05) is 0 Å². The van der Waals surface area contributed by atoms with E-state index in [4.69, 9.17) is 5.73 Å². The number of aromatic nitrogens is 2. The van der Waals surface area contributed by atoms with E-state index >= 15 is 0 Å². The van der Waals surface area contributed by atoms with Crippen molar-refractivity contribution in [2.24, 2.45) is 7.05 Å². The number of halogens is 1. The molecule has 0 unspecified atom stereocenters. The molecule has 0 saturated heterocycles. The van der Waals surface area contributed by atoms with E-state index in [-0.39, 0.29) is 5.91 Å². The topological polar surface area (TPSA) is 75.8 Å². The lowest BCUT2D eigenvalue weighted by Gasteiger charge is -2.02. The van der Waals surface area contributed by atoms with Crippen LogP contribution >= 0.6 is 22.9 Å². The molecule has 0 aromatic carbocycles. The molecule has 0 bridgehead atoms. The number of carbonyl (C=O) groups is 1. The summed E-state index contributed by atoms with van der Waals surface area (Å²) < 4.78 is 4.23. The summed E-state index contributed by atoms with van der Waals surface area (Å²) >= 11 is 1.81. The maximum atomic E-state index is 11.6. The average Bonchev–Trinajstić information content (AvgIpc) is 2.72. The lowest BCUT2D eigenvalue weighted by Crippen LogP contribution is -2.16. The van der Waals surface area contributed by atoms with Crippen molar-refractivity contribution in [3.63, 3.8) is 0 Å². The molecule has 4 N–H and O–H groups in total. The highest BCUT2D eigenvalue weighted by Gasteiger charge is 2.18. The van der Waals surface area contributed by atoms with Gasteiger partial charge in [-0.05, 0) is 6.07 Å². The van der Waals surface area contributed by atoms with Gasteiger partial charge in [0, 0.05) is 18.6 Å². The Bertz CT molecular complexity index is 499. The number of H-pyrrole nitrogens is 1. The SMILES string of the molecule is Cn1c(C(=O)NI)c2cc[nH]c2c1N. The van der Waals surface area contributed by atoms with Crippen LogP contribution in [-0.4, -0.2) is 15.5 Å². The minimum atomic E-state index is -0.144. The second-order valence-corrected chi connectivity index (χ2v) is 3.52. The van der Waals surface area contributed by atoms with Crippen molar-refractivity contribution in [3.05, 3.63) is 18.0 Å². The zero-order valence-electron chi connectivity index (χ0n) is 7.47. The highest BCUT2D eigenvalue weighted by atomic mass is 127. The van der Waals surface area contributed by atoms with E-state index in [1.54, 1.807) is 17.8 Å². The van der Waals surface area contributed by atoms with E-state index in [0.29, 0.717) is 11.5 Å². The maximum absolute atomic E-state index is 11.6. The molecule has 1 amide bonds. The average molecular weight is 304 g/mol.